The van der Waals surface area contributed by atoms with Gasteiger partial charge < -0.3 is 10.2 Å². The lowest BCUT2D eigenvalue weighted by atomic mass is 10.0. The van der Waals surface area contributed by atoms with Crippen LogP contribution >= 0.6 is 39.1 Å². The minimum absolute atomic E-state index is 0.213. The highest BCUT2D eigenvalue weighted by molar-refractivity contribution is 9.10. The van der Waals surface area contributed by atoms with Crippen LogP contribution in [0.25, 0.3) is 10.9 Å². The van der Waals surface area contributed by atoms with Crippen LogP contribution in [0, 0.1) is 6.92 Å². The Morgan fingerprint density at radius 1 is 1.10 bits per heavy atom. The van der Waals surface area contributed by atoms with E-state index in [0.29, 0.717) is 21.3 Å². The molecule has 0 atom stereocenters. The molecule has 1 N–H and O–H groups in total. The molecule has 1 aromatic heterocycles. The van der Waals surface area contributed by atoms with E-state index < -0.39 is 0 Å². The van der Waals surface area contributed by atoms with Crippen LogP contribution in [0.1, 0.15) is 35.2 Å². The van der Waals surface area contributed by atoms with Gasteiger partial charge in [-0.1, -0.05) is 39.1 Å². The Morgan fingerprint density at radius 3 is 2.59 bits per heavy atom. The van der Waals surface area contributed by atoms with E-state index in [4.69, 9.17) is 28.2 Å². The number of carbonyl (C=O) groups is 1. The largest absolute Gasteiger partial charge is 0.356 e. The lowest BCUT2D eigenvalue weighted by molar-refractivity contribution is 0.102. The highest BCUT2D eigenvalue weighted by Crippen LogP contribution is 2.33. The van der Waals surface area contributed by atoms with Gasteiger partial charge in [-0.3, -0.25) is 4.79 Å². The number of aromatic nitrogens is 1. The molecular formula is C22H20BrCl2N3O. The fourth-order valence-electron chi connectivity index (χ4n) is 3.80. The highest BCUT2D eigenvalue weighted by Gasteiger charge is 2.23. The summed E-state index contributed by atoms with van der Waals surface area (Å²) >= 11 is 15.8. The molecule has 0 bridgehead atoms. The summed E-state index contributed by atoms with van der Waals surface area (Å²) in [6, 6.07) is 10.9. The summed E-state index contributed by atoms with van der Waals surface area (Å²) in [5, 5.41) is 4.68. The Balaban J connectivity index is 1.83. The minimum Gasteiger partial charge on any atom is -0.356 e. The van der Waals surface area contributed by atoms with E-state index in [-0.39, 0.29) is 5.91 Å². The second-order valence-electron chi connectivity index (χ2n) is 7.22. The molecule has 4 nitrogen and oxygen atoms in total. The number of amides is 1. The molecule has 1 saturated heterocycles. The maximum Gasteiger partial charge on any atom is 0.256 e. The average molecular weight is 493 g/mol. The third-order valence-corrected chi connectivity index (χ3v) is 6.27. The van der Waals surface area contributed by atoms with Crippen molar-refractivity contribution < 1.29 is 4.79 Å². The smallest absolute Gasteiger partial charge is 0.256 e. The number of nitrogens with one attached hydrogen (secondary N) is 1. The minimum atomic E-state index is -0.213. The first-order valence-corrected chi connectivity index (χ1v) is 11.1. The van der Waals surface area contributed by atoms with Gasteiger partial charge in [0.25, 0.3) is 5.91 Å². The van der Waals surface area contributed by atoms with E-state index in [1.54, 1.807) is 18.2 Å². The van der Waals surface area contributed by atoms with Crippen LogP contribution in [0.3, 0.4) is 0 Å². The van der Waals surface area contributed by atoms with Crippen molar-refractivity contribution in [3.8, 4) is 0 Å². The average Bonchev–Trinajstić information content (AvgIpc) is 2.70. The van der Waals surface area contributed by atoms with Gasteiger partial charge in [0.05, 0.1) is 21.8 Å². The molecule has 2 heterocycles. The Kier molecular flexibility index (Phi) is 6.00. The Morgan fingerprint density at radius 2 is 1.86 bits per heavy atom. The first-order valence-electron chi connectivity index (χ1n) is 9.55. The Hall–Kier alpha value is -1.82. The van der Waals surface area contributed by atoms with Gasteiger partial charge in [-0.15, -0.1) is 0 Å². The summed E-state index contributed by atoms with van der Waals surface area (Å²) in [4.78, 5) is 20.6. The van der Waals surface area contributed by atoms with Gasteiger partial charge in [-0.2, -0.15) is 0 Å². The molecule has 29 heavy (non-hydrogen) atoms. The lowest BCUT2D eigenvalue weighted by Gasteiger charge is -2.30. The Bertz CT molecular complexity index is 1100. The number of anilines is 2. The van der Waals surface area contributed by atoms with Gasteiger partial charge in [0.1, 0.15) is 5.82 Å². The van der Waals surface area contributed by atoms with E-state index in [2.05, 4.69) is 26.1 Å². The number of fused-ring (bicyclic) bond motifs is 1. The van der Waals surface area contributed by atoms with Crippen molar-refractivity contribution in [2.24, 2.45) is 0 Å². The standard InChI is InChI=1S/C22H20BrCl2N3O/c1-13-20(22(29)27-19-8-6-15(24)12-17(19)25)16-11-14(23)5-7-18(16)26-21(13)28-9-3-2-4-10-28/h5-8,11-12H,2-4,9-10H2,1H3,(H,27,29). The molecule has 1 aliphatic rings. The predicted molar refractivity (Wildman–Crippen MR) is 125 cm³/mol. The number of benzene rings is 2. The fraction of sp³-hybridized carbons (Fsp3) is 0.273. The number of halogens is 3. The number of piperidine rings is 1. The van der Waals surface area contributed by atoms with Crippen molar-refractivity contribution in [3.05, 3.63) is 62.0 Å². The van der Waals surface area contributed by atoms with Gasteiger partial charge in [0.15, 0.2) is 0 Å². The van der Waals surface area contributed by atoms with Crippen molar-refractivity contribution in [3.63, 3.8) is 0 Å². The molecule has 1 aliphatic heterocycles. The molecule has 7 heteroatoms. The summed E-state index contributed by atoms with van der Waals surface area (Å²) in [5.74, 6) is 0.669. The topological polar surface area (TPSA) is 45.2 Å². The van der Waals surface area contributed by atoms with Crippen LogP contribution in [0.4, 0.5) is 11.5 Å². The zero-order valence-electron chi connectivity index (χ0n) is 15.9. The van der Waals surface area contributed by atoms with Crippen molar-refractivity contribution in [1.82, 2.24) is 4.98 Å². The Labute approximate surface area is 188 Å². The monoisotopic (exact) mass is 491 g/mol. The summed E-state index contributed by atoms with van der Waals surface area (Å²) in [5.41, 5.74) is 2.81. The number of pyridine rings is 1. The van der Waals surface area contributed by atoms with Crippen molar-refractivity contribution in [2.45, 2.75) is 26.2 Å². The predicted octanol–water partition coefficient (Wildman–Crippen LogP) is 6.86. The van der Waals surface area contributed by atoms with E-state index in [1.165, 1.54) is 6.42 Å². The van der Waals surface area contributed by atoms with E-state index in [9.17, 15) is 4.79 Å². The molecule has 0 spiro atoms. The number of hydrogen-bond acceptors (Lipinski definition) is 3. The molecule has 0 saturated carbocycles. The third kappa shape index (κ3) is 4.23. The van der Waals surface area contributed by atoms with Crippen LogP contribution in [-0.4, -0.2) is 24.0 Å². The fourth-order valence-corrected chi connectivity index (χ4v) is 4.62. The van der Waals surface area contributed by atoms with Gasteiger partial charge in [-0.25, -0.2) is 4.98 Å². The quantitative estimate of drug-likeness (QED) is 0.434. The third-order valence-electron chi connectivity index (χ3n) is 5.23. The number of rotatable bonds is 3. The molecule has 0 aliphatic carbocycles. The molecule has 2 aromatic carbocycles. The lowest BCUT2D eigenvalue weighted by Crippen LogP contribution is -2.31. The van der Waals surface area contributed by atoms with Crippen LogP contribution in [0.5, 0.6) is 0 Å². The first kappa shape index (κ1) is 20.5. The number of carbonyl (C=O) groups excluding carboxylic acids is 1. The molecule has 1 amide bonds. The van der Waals surface area contributed by atoms with Crippen LogP contribution in [0.2, 0.25) is 10.0 Å². The van der Waals surface area contributed by atoms with Gasteiger partial charge >= 0.3 is 0 Å². The van der Waals surface area contributed by atoms with Gasteiger partial charge in [0, 0.05) is 33.5 Å². The molecule has 4 rings (SSSR count). The molecule has 1 fully saturated rings. The summed E-state index contributed by atoms with van der Waals surface area (Å²) < 4.78 is 0.899. The van der Waals surface area contributed by atoms with Crippen LogP contribution in [0.15, 0.2) is 40.9 Å². The number of nitrogens with zero attached hydrogens (tertiary/aromatic N) is 2. The molecule has 0 unspecified atom stereocenters. The first-order chi connectivity index (χ1) is 13.9. The molecular weight excluding hydrogens is 473 g/mol. The number of hydrogen-bond donors (Lipinski definition) is 1. The zero-order chi connectivity index (χ0) is 20.5. The van der Waals surface area contributed by atoms with Crippen molar-refractivity contribution in [1.29, 1.82) is 0 Å². The highest BCUT2D eigenvalue weighted by atomic mass is 79.9. The molecule has 150 valence electrons. The van der Waals surface area contributed by atoms with E-state index >= 15 is 0 Å². The molecule has 0 radical (unpaired) electrons. The van der Waals surface area contributed by atoms with Crippen molar-refractivity contribution >= 4 is 67.4 Å². The van der Waals surface area contributed by atoms with Crippen LogP contribution in [-0.2, 0) is 0 Å². The normalized spacial score (nSPS) is 14.3. The van der Waals surface area contributed by atoms with Crippen LogP contribution < -0.4 is 10.2 Å². The summed E-state index contributed by atoms with van der Waals surface area (Å²) in [7, 11) is 0. The van der Waals surface area contributed by atoms with Gasteiger partial charge in [0.2, 0.25) is 0 Å². The summed E-state index contributed by atoms with van der Waals surface area (Å²) in [6.07, 6.45) is 3.52. The SMILES string of the molecule is Cc1c(N2CCCCC2)nc2ccc(Br)cc2c1C(=O)Nc1ccc(Cl)cc1Cl. The molecule has 3 aromatic rings. The summed E-state index contributed by atoms with van der Waals surface area (Å²) in [6.45, 7) is 3.88. The van der Waals surface area contributed by atoms with Gasteiger partial charge in [-0.05, 0) is 62.6 Å². The maximum absolute atomic E-state index is 13.4. The maximum atomic E-state index is 13.4. The second kappa shape index (κ2) is 8.50. The zero-order valence-corrected chi connectivity index (χ0v) is 19.0. The van der Waals surface area contributed by atoms with E-state index in [0.717, 1.165) is 52.7 Å². The van der Waals surface area contributed by atoms with Crippen molar-refractivity contribution in [2.75, 3.05) is 23.3 Å². The van der Waals surface area contributed by atoms with E-state index in [1.807, 2.05) is 25.1 Å². The second-order valence-corrected chi connectivity index (χ2v) is 8.98.